The highest BCUT2D eigenvalue weighted by molar-refractivity contribution is 5.94. The second-order valence-corrected chi connectivity index (χ2v) is 9.00. The van der Waals surface area contributed by atoms with Crippen molar-refractivity contribution in [3.05, 3.63) is 35.4 Å². The molecule has 1 atom stereocenters. The molecule has 4 heteroatoms. The quantitative estimate of drug-likeness (QED) is 0.772. The fourth-order valence-corrected chi connectivity index (χ4v) is 3.70. The van der Waals surface area contributed by atoms with Crippen LogP contribution in [0, 0.1) is 11.8 Å². The van der Waals surface area contributed by atoms with Gasteiger partial charge in [0.05, 0.1) is 5.60 Å². The summed E-state index contributed by atoms with van der Waals surface area (Å²) in [6.45, 7) is 12.4. The summed E-state index contributed by atoms with van der Waals surface area (Å²) in [6.07, 6.45) is 2.72. The lowest BCUT2D eigenvalue weighted by Crippen LogP contribution is -2.33. The van der Waals surface area contributed by atoms with E-state index in [4.69, 9.17) is 0 Å². The molecular formula is C22H36N2O2. The summed E-state index contributed by atoms with van der Waals surface area (Å²) in [5.74, 6) is 1.37. The number of benzene rings is 1. The normalized spacial score (nSPS) is 18.5. The third kappa shape index (κ3) is 6.73. The van der Waals surface area contributed by atoms with Gasteiger partial charge in [0.15, 0.2) is 0 Å². The molecule has 26 heavy (non-hydrogen) atoms. The number of aryl methyl sites for hydroxylation is 1. The second-order valence-electron chi connectivity index (χ2n) is 9.00. The predicted molar refractivity (Wildman–Crippen MR) is 107 cm³/mol. The second kappa shape index (κ2) is 9.01. The molecule has 0 aromatic heterocycles. The zero-order valence-electron chi connectivity index (χ0n) is 17.2. The van der Waals surface area contributed by atoms with Crippen molar-refractivity contribution < 1.29 is 9.90 Å². The highest BCUT2D eigenvalue weighted by atomic mass is 16.3. The molecule has 1 aromatic carbocycles. The summed E-state index contributed by atoms with van der Waals surface area (Å²) in [7, 11) is 1.91. The molecule has 1 heterocycles. The van der Waals surface area contributed by atoms with E-state index in [1.54, 1.807) is 0 Å². The average Bonchev–Trinajstić information content (AvgIpc) is 2.98. The van der Waals surface area contributed by atoms with Crippen molar-refractivity contribution in [1.29, 1.82) is 0 Å². The molecule has 4 nitrogen and oxygen atoms in total. The van der Waals surface area contributed by atoms with Crippen LogP contribution in [0.1, 0.15) is 56.5 Å². The van der Waals surface area contributed by atoms with E-state index in [0.29, 0.717) is 11.8 Å². The molecule has 146 valence electrons. The molecule has 0 unspecified atom stereocenters. The van der Waals surface area contributed by atoms with E-state index in [0.717, 1.165) is 50.1 Å². The number of aliphatic hydroxyl groups is 1. The highest BCUT2D eigenvalue weighted by Crippen LogP contribution is 2.19. The van der Waals surface area contributed by atoms with Gasteiger partial charge in [-0.2, -0.15) is 0 Å². The Morgan fingerprint density at radius 2 is 1.96 bits per heavy atom. The van der Waals surface area contributed by atoms with E-state index < -0.39 is 5.60 Å². The van der Waals surface area contributed by atoms with Gasteiger partial charge in [0.2, 0.25) is 0 Å². The molecule has 0 radical (unpaired) electrons. The summed E-state index contributed by atoms with van der Waals surface area (Å²) in [5.41, 5.74) is 1.25. The van der Waals surface area contributed by atoms with Gasteiger partial charge in [-0.05, 0) is 69.2 Å². The molecule has 0 saturated carbocycles. The number of likely N-dealkylation sites (tertiary alicyclic amines) is 1. The van der Waals surface area contributed by atoms with Gasteiger partial charge in [0.25, 0.3) is 5.91 Å². The monoisotopic (exact) mass is 360 g/mol. The fraction of sp³-hybridized carbons (Fsp3) is 0.682. The Labute approximate surface area is 159 Å². The van der Waals surface area contributed by atoms with Crippen LogP contribution in [-0.2, 0) is 6.42 Å². The molecule has 0 aliphatic carbocycles. The number of carbonyl (C=O) groups excluding carboxylic acids is 1. The highest BCUT2D eigenvalue weighted by Gasteiger charge is 2.25. The van der Waals surface area contributed by atoms with Crippen molar-refractivity contribution in [3.8, 4) is 0 Å². The van der Waals surface area contributed by atoms with Crippen LogP contribution in [0.3, 0.4) is 0 Å². The minimum atomic E-state index is -0.653. The van der Waals surface area contributed by atoms with Crippen LogP contribution in [0.5, 0.6) is 0 Å². The van der Waals surface area contributed by atoms with Crippen molar-refractivity contribution in [1.82, 2.24) is 9.80 Å². The van der Waals surface area contributed by atoms with Crippen molar-refractivity contribution in [2.24, 2.45) is 11.8 Å². The smallest absolute Gasteiger partial charge is 0.253 e. The molecule has 1 aromatic rings. The molecule has 1 N–H and O–H groups in total. The predicted octanol–water partition coefficient (Wildman–Crippen LogP) is 3.44. The lowest BCUT2D eigenvalue weighted by molar-refractivity contribution is 0.0712. The maximum Gasteiger partial charge on any atom is 0.253 e. The van der Waals surface area contributed by atoms with Crippen LogP contribution in [0.15, 0.2) is 24.3 Å². The SMILES string of the molecule is CC(C)CN1CC[C@H](CN(C)C(=O)c2ccc(CCC(C)(C)O)cc2)C1. The maximum atomic E-state index is 12.7. The van der Waals surface area contributed by atoms with Gasteiger partial charge >= 0.3 is 0 Å². The third-order valence-electron chi connectivity index (χ3n) is 5.10. The molecule has 1 amide bonds. The van der Waals surface area contributed by atoms with E-state index in [-0.39, 0.29) is 5.91 Å². The Hall–Kier alpha value is -1.39. The van der Waals surface area contributed by atoms with Gasteiger partial charge in [-0.1, -0.05) is 26.0 Å². The summed E-state index contributed by atoms with van der Waals surface area (Å²) in [4.78, 5) is 17.1. The van der Waals surface area contributed by atoms with Crippen LogP contribution < -0.4 is 0 Å². The van der Waals surface area contributed by atoms with Crippen LogP contribution in [0.4, 0.5) is 0 Å². The van der Waals surface area contributed by atoms with Gasteiger partial charge in [-0.3, -0.25) is 4.79 Å². The first-order valence-electron chi connectivity index (χ1n) is 9.93. The number of rotatable bonds is 8. The lowest BCUT2D eigenvalue weighted by Gasteiger charge is -2.23. The van der Waals surface area contributed by atoms with Gasteiger partial charge in [0.1, 0.15) is 0 Å². The first-order valence-corrected chi connectivity index (χ1v) is 9.93. The summed E-state index contributed by atoms with van der Waals surface area (Å²) in [6, 6.07) is 7.84. The Morgan fingerprint density at radius 1 is 1.31 bits per heavy atom. The van der Waals surface area contributed by atoms with Crippen molar-refractivity contribution in [2.45, 2.75) is 52.6 Å². The van der Waals surface area contributed by atoms with Crippen LogP contribution in [0.25, 0.3) is 0 Å². The molecule has 1 aliphatic rings. The molecule has 2 rings (SSSR count). The lowest BCUT2D eigenvalue weighted by atomic mass is 9.98. The molecular weight excluding hydrogens is 324 g/mol. The molecule has 0 bridgehead atoms. The maximum absolute atomic E-state index is 12.7. The summed E-state index contributed by atoms with van der Waals surface area (Å²) >= 11 is 0. The Morgan fingerprint density at radius 3 is 2.54 bits per heavy atom. The van der Waals surface area contributed by atoms with Gasteiger partial charge in [-0.15, -0.1) is 0 Å². The number of hydrogen-bond donors (Lipinski definition) is 1. The average molecular weight is 361 g/mol. The number of amides is 1. The Balaban J connectivity index is 1.84. The van der Waals surface area contributed by atoms with E-state index >= 15 is 0 Å². The summed E-state index contributed by atoms with van der Waals surface area (Å²) < 4.78 is 0. The first kappa shape index (κ1) is 20.9. The van der Waals surface area contributed by atoms with Crippen molar-refractivity contribution >= 4 is 5.91 Å². The Kier molecular flexibility index (Phi) is 7.24. The fourth-order valence-electron chi connectivity index (χ4n) is 3.70. The van der Waals surface area contributed by atoms with Crippen LogP contribution >= 0.6 is 0 Å². The number of nitrogens with zero attached hydrogens (tertiary/aromatic N) is 2. The van der Waals surface area contributed by atoms with Gasteiger partial charge < -0.3 is 14.9 Å². The van der Waals surface area contributed by atoms with Crippen LogP contribution in [0.2, 0.25) is 0 Å². The zero-order valence-corrected chi connectivity index (χ0v) is 17.2. The van der Waals surface area contributed by atoms with E-state index in [1.165, 1.54) is 6.42 Å². The van der Waals surface area contributed by atoms with E-state index in [2.05, 4.69) is 18.7 Å². The first-order chi connectivity index (χ1) is 12.1. The minimum absolute atomic E-state index is 0.0985. The summed E-state index contributed by atoms with van der Waals surface area (Å²) in [5, 5.41) is 9.83. The molecule has 1 saturated heterocycles. The largest absolute Gasteiger partial charge is 0.390 e. The third-order valence-corrected chi connectivity index (χ3v) is 5.10. The van der Waals surface area contributed by atoms with Gasteiger partial charge in [0, 0.05) is 32.2 Å². The molecule has 0 spiro atoms. The topological polar surface area (TPSA) is 43.8 Å². The van der Waals surface area contributed by atoms with Crippen molar-refractivity contribution in [2.75, 3.05) is 33.2 Å². The number of carbonyl (C=O) groups is 1. The van der Waals surface area contributed by atoms with Crippen molar-refractivity contribution in [3.63, 3.8) is 0 Å². The number of hydrogen-bond acceptors (Lipinski definition) is 3. The molecule has 1 fully saturated rings. The Bertz CT molecular complexity index is 575. The van der Waals surface area contributed by atoms with E-state index in [9.17, 15) is 9.90 Å². The van der Waals surface area contributed by atoms with Gasteiger partial charge in [-0.25, -0.2) is 0 Å². The van der Waals surface area contributed by atoms with Crippen LogP contribution in [-0.4, -0.2) is 59.6 Å². The standard InChI is InChI=1S/C22H36N2O2/c1-17(2)14-24-13-11-19(16-24)15-23(5)21(25)20-8-6-18(7-9-20)10-12-22(3,4)26/h6-9,17,19,26H,10-16H2,1-5H3/t19-/m1/s1. The minimum Gasteiger partial charge on any atom is -0.390 e. The zero-order chi connectivity index (χ0) is 19.3. The van der Waals surface area contributed by atoms with E-state index in [1.807, 2.05) is 50.1 Å². The molecule has 1 aliphatic heterocycles.